The molecule has 1 atom stereocenters. The van der Waals surface area contributed by atoms with Gasteiger partial charge in [-0.3, -0.25) is 4.79 Å². The number of benzene rings is 1. The van der Waals surface area contributed by atoms with Gasteiger partial charge in [0, 0.05) is 13.0 Å². The van der Waals surface area contributed by atoms with Crippen LogP contribution in [0.25, 0.3) is 0 Å². The van der Waals surface area contributed by atoms with Crippen molar-refractivity contribution in [2.45, 2.75) is 44.3 Å². The highest BCUT2D eigenvalue weighted by molar-refractivity contribution is 5.81. The summed E-state index contributed by atoms with van der Waals surface area (Å²) in [6.45, 7) is 1.91. The lowest BCUT2D eigenvalue weighted by atomic mass is 10.1. The highest BCUT2D eigenvalue weighted by atomic mass is 19.3. The fourth-order valence-electron chi connectivity index (χ4n) is 2.51. The monoisotopic (exact) mass is 326 g/mol. The van der Waals surface area contributed by atoms with Gasteiger partial charge in [-0.25, -0.2) is 8.78 Å². The van der Waals surface area contributed by atoms with Crippen LogP contribution in [0.3, 0.4) is 0 Å². The van der Waals surface area contributed by atoms with E-state index in [4.69, 9.17) is 4.74 Å². The van der Waals surface area contributed by atoms with Crippen molar-refractivity contribution in [3.05, 3.63) is 35.9 Å². The Bertz CT molecular complexity index is 475. The number of halogens is 2. The molecule has 2 fully saturated rings. The van der Waals surface area contributed by atoms with E-state index in [-0.39, 0.29) is 25.0 Å². The van der Waals surface area contributed by atoms with Crippen LogP contribution >= 0.6 is 0 Å². The van der Waals surface area contributed by atoms with Crippen LogP contribution in [-0.2, 0) is 16.1 Å². The van der Waals surface area contributed by atoms with Gasteiger partial charge in [-0.1, -0.05) is 30.3 Å². The molecule has 2 N–H and O–H groups in total. The number of nitrogens with one attached hydrogen (secondary N) is 2. The highest BCUT2D eigenvalue weighted by Crippen LogP contribution is 2.21. The van der Waals surface area contributed by atoms with Crippen LogP contribution in [0.5, 0.6) is 0 Å². The first kappa shape index (κ1) is 17.8. The summed E-state index contributed by atoms with van der Waals surface area (Å²) in [4.78, 5) is 11.4. The SMILES string of the molecule is FC1(F)CCCNC1.O=C1NCCCC1OCc1ccccc1. The van der Waals surface area contributed by atoms with Crippen molar-refractivity contribution in [3.8, 4) is 0 Å². The Labute approximate surface area is 135 Å². The Balaban J connectivity index is 0.000000203. The molecule has 128 valence electrons. The second kappa shape index (κ2) is 8.93. The molecule has 0 saturated carbocycles. The Morgan fingerprint density at radius 1 is 1.17 bits per heavy atom. The molecule has 3 rings (SSSR count). The van der Waals surface area contributed by atoms with Gasteiger partial charge in [-0.15, -0.1) is 0 Å². The topological polar surface area (TPSA) is 50.4 Å². The Morgan fingerprint density at radius 3 is 2.52 bits per heavy atom. The van der Waals surface area contributed by atoms with Gasteiger partial charge in [-0.2, -0.15) is 0 Å². The molecule has 0 aliphatic carbocycles. The van der Waals surface area contributed by atoms with E-state index in [9.17, 15) is 13.6 Å². The number of amides is 1. The first-order valence-electron chi connectivity index (χ1n) is 8.09. The van der Waals surface area contributed by atoms with Gasteiger partial charge < -0.3 is 15.4 Å². The maximum absolute atomic E-state index is 12.1. The molecule has 1 amide bonds. The number of hydrogen-bond donors (Lipinski definition) is 2. The molecule has 4 nitrogen and oxygen atoms in total. The van der Waals surface area contributed by atoms with E-state index in [1.165, 1.54) is 0 Å². The van der Waals surface area contributed by atoms with E-state index in [0.717, 1.165) is 31.5 Å². The quantitative estimate of drug-likeness (QED) is 0.897. The third-order valence-corrected chi connectivity index (χ3v) is 3.81. The normalized spacial score (nSPS) is 23.4. The molecule has 0 spiro atoms. The number of alkyl halides is 2. The number of ether oxygens (including phenoxy) is 1. The van der Waals surface area contributed by atoms with Gasteiger partial charge in [0.25, 0.3) is 5.92 Å². The van der Waals surface area contributed by atoms with Crippen molar-refractivity contribution in [2.75, 3.05) is 19.6 Å². The van der Waals surface area contributed by atoms with E-state index in [2.05, 4.69) is 10.6 Å². The summed E-state index contributed by atoms with van der Waals surface area (Å²) in [5, 5.41) is 5.43. The lowest BCUT2D eigenvalue weighted by molar-refractivity contribution is -0.136. The Kier molecular flexibility index (Phi) is 6.92. The zero-order chi connectivity index (χ0) is 16.5. The number of piperidine rings is 2. The second-order valence-corrected chi connectivity index (χ2v) is 5.85. The van der Waals surface area contributed by atoms with Gasteiger partial charge in [0.1, 0.15) is 6.10 Å². The summed E-state index contributed by atoms with van der Waals surface area (Å²) in [6.07, 6.45) is 2.23. The smallest absolute Gasteiger partial charge is 0.260 e. The van der Waals surface area contributed by atoms with E-state index in [1.54, 1.807) is 0 Å². The summed E-state index contributed by atoms with van der Waals surface area (Å²) in [6, 6.07) is 9.91. The molecule has 2 aliphatic heterocycles. The molecule has 1 unspecified atom stereocenters. The minimum absolute atomic E-state index is 0.0252. The molecule has 2 heterocycles. The van der Waals surface area contributed by atoms with Crippen LogP contribution < -0.4 is 10.6 Å². The van der Waals surface area contributed by atoms with E-state index < -0.39 is 5.92 Å². The van der Waals surface area contributed by atoms with Crippen LogP contribution in [0.1, 0.15) is 31.2 Å². The molecule has 23 heavy (non-hydrogen) atoms. The summed E-state index contributed by atoms with van der Waals surface area (Å²) in [7, 11) is 0. The number of rotatable bonds is 3. The predicted octanol–water partition coefficient (Wildman–Crippen LogP) is 2.49. The standard InChI is InChI=1S/C12H15NO2.C5H9F2N/c14-12-11(7-4-8-13-12)15-9-10-5-2-1-3-6-10;6-5(7)2-1-3-8-4-5/h1-3,5-6,11H,4,7-9H2,(H,13,14);8H,1-4H2. The molecule has 0 aromatic heterocycles. The van der Waals surface area contributed by atoms with Gasteiger partial charge in [-0.05, 0) is 31.4 Å². The maximum Gasteiger partial charge on any atom is 0.260 e. The van der Waals surface area contributed by atoms with Gasteiger partial charge in [0.2, 0.25) is 5.91 Å². The first-order valence-corrected chi connectivity index (χ1v) is 8.09. The highest BCUT2D eigenvalue weighted by Gasteiger charge is 2.30. The van der Waals surface area contributed by atoms with E-state index in [1.807, 2.05) is 30.3 Å². The largest absolute Gasteiger partial charge is 0.364 e. The van der Waals surface area contributed by atoms with Crippen molar-refractivity contribution in [3.63, 3.8) is 0 Å². The summed E-state index contributed by atoms with van der Waals surface area (Å²) >= 11 is 0. The zero-order valence-corrected chi connectivity index (χ0v) is 13.2. The maximum atomic E-state index is 12.1. The van der Waals surface area contributed by atoms with Crippen LogP contribution in [0.4, 0.5) is 8.78 Å². The Morgan fingerprint density at radius 2 is 1.96 bits per heavy atom. The molecular formula is C17H24F2N2O2. The van der Waals surface area contributed by atoms with Gasteiger partial charge in [0.05, 0.1) is 13.2 Å². The van der Waals surface area contributed by atoms with Crippen molar-refractivity contribution in [1.82, 2.24) is 10.6 Å². The first-order chi connectivity index (χ1) is 11.1. The summed E-state index contributed by atoms with van der Waals surface area (Å²) in [5.74, 6) is -2.41. The predicted molar refractivity (Wildman–Crippen MR) is 84.3 cm³/mol. The van der Waals surface area contributed by atoms with Crippen molar-refractivity contribution in [2.24, 2.45) is 0 Å². The molecule has 0 radical (unpaired) electrons. The van der Waals surface area contributed by atoms with Crippen LogP contribution in [0.15, 0.2) is 30.3 Å². The van der Waals surface area contributed by atoms with Crippen LogP contribution in [0, 0.1) is 0 Å². The summed E-state index contributed by atoms with van der Waals surface area (Å²) in [5.41, 5.74) is 1.11. The third-order valence-electron chi connectivity index (χ3n) is 3.81. The molecule has 1 aromatic carbocycles. The second-order valence-electron chi connectivity index (χ2n) is 5.85. The molecular weight excluding hydrogens is 302 g/mol. The average Bonchev–Trinajstić information content (AvgIpc) is 2.55. The lowest BCUT2D eigenvalue weighted by Crippen LogP contribution is -2.41. The van der Waals surface area contributed by atoms with Gasteiger partial charge in [0.15, 0.2) is 0 Å². The van der Waals surface area contributed by atoms with Gasteiger partial charge >= 0.3 is 0 Å². The lowest BCUT2D eigenvalue weighted by Gasteiger charge is -2.21. The minimum Gasteiger partial charge on any atom is -0.364 e. The summed E-state index contributed by atoms with van der Waals surface area (Å²) < 4.78 is 29.9. The molecule has 0 bridgehead atoms. The zero-order valence-electron chi connectivity index (χ0n) is 13.2. The minimum atomic E-state index is -2.43. The average molecular weight is 326 g/mol. The molecule has 1 aromatic rings. The fraction of sp³-hybridized carbons (Fsp3) is 0.588. The molecule has 2 saturated heterocycles. The van der Waals surface area contributed by atoms with Crippen molar-refractivity contribution in [1.29, 1.82) is 0 Å². The van der Waals surface area contributed by atoms with E-state index >= 15 is 0 Å². The van der Waals surface area contributed by atoms with E-state index in [0.29, 0.717) is 13.0 Å². The number of carbonyl (C=O) groups is 1. The fourth-order valence-corrected chi connectivity index (χ4v) is 2.51. The van der Waals surface area contributed by atoms with Crippen molar-refractivity contribution < 1.29 is 18.3 Å². The Hall–Kier alpha value is -1.53. The number of carbonyl (C=O) groups excluding carboxylic acids is 1. The van der Waals surface area contributed by atoms with Crippen LogP contribution in [-0.4, -0.2) is 37.6 Å². The van der Waals surface area contributed by atoms with Crippen LogP contribution in [0.2, 0.25) is 0 Å². The molecule has 2 aliphatic rings. The molecule has 6 heteroatoms. The number of hydrogen-bond acceptors (Lipinski definition) is 3. The van der Waals surface area contributed by atoms with Crippen molar-refractivity contribution >= 4 is 5.91 Å². The third kappa shape index (κ3) is 6.62.